The van der Waals surface area contributed by atoms with Crippen molar-refractivity contribution in [3.05, 3.63) is 29.8 Å². The quantitative estimate of drug-likeness (QED) is 0.789. The fraction of sp³-hybridized carbons (Fsp3) is 0.600. The summed E-state index contributed by atoms with van der Waals surface area (Å²) in [5, 5.41) is 3.46. The predicted molar refractivity (Wildman–Crippen MR) is 71.5 cm³/mol. The van der Waals surface area contributed by atoms with Crippen LogP contribution in [0.3, 0.4) is 0 Å². The van der Waals surface area contributed by atoms with Crippen molar-refractivity contribution in [2.24, 2.45) is 5.92 Å². The molecule has 0 bridgehead atoms. The van der Waals surface area contributed by atoms with E-state index < -0.39 is 0 Å². The maximum Gasteiger partial charge on any atom is 0.119 e. The van der Waals surface area contributed by atoms with Gasteiger partial charge in [0.2, 0.25) is 0 Å². The van der Waals surface area contributed by atoms with Crippen molar-refractivity contribution in [1.82, 2.24) is 5.32 Å². The number of piperidine rings is 1. The second kappa shape index (κ2) is 6.65. The lowest BCUT2D eigenvalue weighted by Gasteiger charge is -2.22. The summed E-state index contributed by atoms with van der Waals surface area (Å²) in [6.07, 6.45) is 5.18. The molecule has 1 aromatic carbocycles. The molecule has 2 rings (SSSR count). The van der Waals surface area contributed by atoms with Crippen molar-refractivity contribution in [2.45, 2.75) is 32.6 Å². The molecule has 0 radical (unpaired) electrons. The van der Waals surface area contributed by atoms with E-state index in [0.29, 0.717) is 0 Å². The van der Waals surface area contributed by atoms with Crippen molar-refractivity contribution in [1.29, 1.82) is 0 Å². The van der Waals surface area contributed by atoms with Gasteiger partial charge in [-0.25, -0.2) is 0 Å². The fourth-order valence-corrected chi connectivity index (χ4v) is 2.37. The van der Waals surface area contributed by atoms with Crippen LogP contribution in [-0.2, 0) is 0 Å². The number of rotatable bonds is 5. The second-order valence-corrected chi connectivity index (χ2v) is 5.02. The topological polar surface area (TPSA) is 21.3 Å². The normalized spacial score (nSPS) is 20.2. The fourth-order valence-electron chi connectivity index (χ4n) is 2.37. The van der Waals surface area contributed by atoms with E-state index in [1.165, 1.54) is 44.3 Å². The number of hydrogen-bond donors (Lipinski definition) is 1. The highest BCUT2D eigenvalue weighted by molar-refractivity contribution is 5.26. The van der Waals surface area contributed by atoms with Crippen LogP contribution in [0.15, 0.2) is 24.3 Å². The molecule has 1 atom stereocenters. The Kier molecular flexibility index (Phi) is 4.87. The number of hydrogen-bond acceptors (Lipinski definition) is 2. The van der Waals surface area contributed by atoms with Gasteiger partial charge < -0.3 is 10.1 Å². The highest BCUT2D eigenvalue weighted by Gasteiger charge is 2.11. The van der Waals surface area contributed by atoms with E-state index in [2.05, 4.69) is 36.5 Å². The molecule has 94 valence electrons. The van der Waals surface area contributed by atoms with Crippen LogP contribution in [0.4, 0.5) is 0 Å². The van der Waals surface area contributed by atoms with Gasteiger partial charge in [0.25, 0.3) is 0 Å². The molecule has 1 aliphatic heterocycles. The van der Waals surface area contributed by atoms with Gasteiger partial charge in [-0.1, -0.05) is 17.7 Å². The first-order valence-electron chi connectivity index (χ1n) is 6.75. The van der Waals surface area contributed by atoms with Crippen LogP contribution in [0.25, 0.3) is 0 Å². The second-order valence-electron chi connectivity index (χ2n) is 5.02. The summed E-state index contributed by atoms with van der Waals surface area (Å²) in [7, 11) is 0. The Morgan fingerprint density at radius 3 is 2.82 bits per heavy atom. The summed E-state index contributed by atoms with van der Waals surface area (Å²) < 4.78 is 5.73. The standard InChI is InChI=1S/C15H23NO/c1-13-6-8-15(9-7-13)17-11-3-5-14-4-2-10-16-12-14/h6-9,14,16H,2-5,10-12H2,1H3. The first-order valence-corrected chi connectivity index (χ1v) is 6.75. The van der Waals surface area contributed by atoms with Crippen molar-refractivity contribution in [3.8, 4) is 5.75 Å². The zero-order valence-electron chi connectivity index (χ0n) is 10.7. The molecule has 1 heterocycles. The van der Waals surface area contributed by atoms with E-state index in [1.807, 2.05) is 0 Å². The minimum absolute atomic E-state index is 0.847. The Hall–Kier alpha value is -1.02. The van der Waals surface area contributed by atoms with Gasteiger partial charge in [0.1, 0.15) is 5.75 Å². The number of nitrogens with one attached hydrogen (secondary N) is 1. The van der Waals surface area contributed by atoms with Crippen molar-refractivity contribution in [3.63, 3.8) is 0 Å². The third-order valence-corrected chi connectivity index (χ3v) is 3.45. The SMILES string of the molecule is Cc1ccc(OCCCC2CCCNC2)cc1. The molecular formula is C15H23NO. The minimum Gasteiger partial charge on any atom is -0.494 e. The van der Waals surface area contributed by atoms with E-state index in [0.717, 1.165) is 18.3 Å². The van der Waals surface area contributed by atoms with E-state index in [1.54, 1.807) is 0 Å². The molecule has 0 saturated carbocycles. The average Bonchev–Trinajstić information content (AvgIpc) is 2.38. The van der Waals surface area contributed by atoms with Gasteiger partial charge in [-0.15, -0.1) is 0 Å². The maximum absolute atomic E-state index is 5.73. The van der Waals surface area contributed by atoms with Gasteiger partial charge in [0, 0.05) is 0 Å². The molecule has 0 aromatic heterocycles. The highest BCUT2D eigenvalue weighted by atomic mass is 16.5. The van der Waals surface area contributed by atoms with Gasteiger partial charge in [-0.2, -0.15) is 0 Å². The summed E-state index contributed by atoms with van der Waals surface area (Å²) in [6, 6.07) is 8.30. The predicted octanol–water partition coefficient (Wildman–Crippen LogP) is 3.15. The zero-order chi connectivity index (χ0) is 11.9. The van der Waals surface area contributed by atoms with Crippen LogP contribution in [-0.4, -0.2) is 19.7 Å². The van der Waals surface area contributed by atoms with E-state index in [-0.39, 0.29) is 0 Å². The molecule has 1 unspecified atom stereocenters. The molecular weight excluding hydrogens is 210 g/mol. The molecule has 0 amide bonds. The lowest BCUT2D eigenvalue weighted by Crippen LogP contribution is -2.29. The molecule has 0 spiro atoms. The minimum atomic E-state index is 0.847. The lowest BCUT2D eigenvalue weighted by molar-refractivity contribution is 0.275. The lowest BCUT2D eigenvalue weighted by atomic mass is 9.95. The highest BCUT2D eigenvalue weighted by Crippen LogP contribution is 2.17. The van der Waals surface area contributed by atoms with Crippen molar-refractivity contribution >= 4 is 0 Å². The average molecular weight is 233 g/mol. The molecule has 2 nitrogen and oxygen atoms in total. The molecule has 1 fully saturated rings. The smallest absolute Gasteiger partial charge is 0.119 e. The van der Waals surface area contributed by atoms with E-state index in [4.69, 9.17) is 4.74 Å². The Labute approximate surface area is 104 Å². The van der Waals surface area contributed by atoms with Crippen molar-refractivity contribution in [2.75, 3.05) is 19.7 Å². The largest absolute Gasteiger partial charge is 0.494 e. The Morgan fingerprint density at radius 2 is 2.12 bits per heavy atom. The van der Waals surface area contributed by atoms with Crippen LogP contribution in [0, 0.1) is 12.8 Å². The molecule has 1 aliphatic rings. The number of aryl methyl sites for hydroxylation is 1. The Bertz CT molecular complexity index is 314. The third-order valence-electron chi connectivity index (χ3n) is 3.45. The first-order chi connectivity index (χ1) is 8.34. The van der Waals surface area contributed by atoms with Gasteiger partial charge in [-0.3, -0.25) is 0 Å². The first kappa shape index (κ1) is 12.4. The summed E-state index contributed by atoms with van der Waals surface area (Å²) in [4.78, 5) is 0. The van der Waals surface area contributed by atoms with Crippen LogP contribution >= 0.6 is 0 Å². The monoisotopic (exact) mass is 233 g/mol. The van der Waals surface area contributed by atoms with E-state index >= 15 is 0 Å². The molecule has 1 N–H and O–H groups in total. The van der Waals surface area contributed by atoms with Crippen LogP contribution < -0.4 is 10.1 Å². The summed E-state index contributed by atoms with van der Waals surface area (Å²) in [5.41, 5.74) is 1.28. The van der Waals surface area contributed by atoms with Crippen molar-refractivity contribution < 1.29 is 4.74 Å². The molecule has 0 aliphatic carbocycles. The van der Waals surface area contributed by atoms with Crippen LogP contribution in [0.5, 0.6) is 5.75 Å². The Balaban J connectivity index is 1.60. The molecule has 1 aromatic rings. The summed E-state index contributed by atoms with van der Waals surface area (Å²) in [5.74, 6) is 1.86. The van der Waals surface area contributed by atoms with E-state index in [9.17, 15) is 0 Å². The van der Waals surface area contributed by atoms with Crippen LogP contribution in [0.1, 0.15) is 31.2 Å². The Morgan fingerprint density at radius 1 is 1.29 bits per heavy atom. The van der Waals surface area contributed by atoms with Gasteiger partial charge in [0.15, 0.2) is 0 Å². The third kappa shape index (κ3) is 4.39. The van der Waals surface area contributed by atoms with Gasteiger partial charge >= 0.3 is 0 Å². The van der Waals surface area contributed by atoms with Gasteiger partial charge in [-0.05, 0) is 63.7 Å². The maximum atomic E-state index is 5.73. The molecule has 1 saturated heterocycles. The summed E-state index contributed by atoms with van der Waals surface area (Å²) in [6.45, 7) is 5.35. The number of benzene rings is 1. The molecule has 17 heavy (non-hydrogen) atoms. The van der Waals surface area contributed by atoms with Crippen LogP contribution in [0.2, 0.25) is 0 Å². The number of ether oxygens (including phenoxy) is 1. The summed E-state index contributed by atoms with van der Waals surface area (Å²) >= 11 is 0. The molecule has 2 heteroatoms. The zero-order valence-corrected chi connectivity index (χ0v) is 10.7. The van der Waals surface area contributed by atoms with Gasteiger partial charge in [0.05, 0.1) is 6.61 Å².